The lowest BCUT2D eigenvalue weighted by Crippen LogP contribution is -2.50. The third kappa shape index (κ3) is 5.03. The Hall–Kier alpha value is -2.40. The summed E-state index contributed by atoms with van der Waals surface area (Å²) in [5.41, 5.74) is 1.30. The van der Waals surface area contributed by atoms with Crippen LogP contribution in [0.5, 0.6) is 0 Å². The summed E-state index contributed by atoms with van der Waals surface area (Å²) >= 11 is 6.06. The lowest BCUT2D eigenvalue weighted by molar-refractivity contribution is -0.124. The molecule has 6 heteroatoms. The quantitative estimate of drug-likeness (QED) is 0.830. The summed E-state index contributed by atoms with van der Waals surface area (Å²) in [5, 5.41) is 6.07. The number of hydrogen-bond donors (Lipinski definition) is 2. The zero-order chi connectivity index (χ0) is 18.4. The molecule has 0 aliphatic heterocycles. The van der Waals surface area contributed by atoms with Crippen LogP contribution in [0, 0.1) is 5.92 Å². The van der Waals surface area contributed by atoms with Crippen LogP contribution in [-0.4, -0.2) is 22.8 Å². The maximum absolute atomic E-state index is 12.6. The molecule has 1 aromatic heterocycles. The van der Waals surface area contributed by atoms with E-state index in [0.29, 0.717) is 10.6 Å². The number of pyridine rings is 1. The van der Waals surface area contributed by atoms with Crippen molar-refractivity contribution in [3.8, 4) is 0 Å². The van der Waals surface area contributed by atoms with Crippen LogP contribution in [0.3, 0.4) is 0 Å². The molecule has 0 radical (unpaired) electrons. The minimum absolute atomic E-state index is 0.0731. The van der Waals surface area contributed by atoms with Crippen LogP contribution in [0.4, 0.5) is 0 Å². The van der Waals surface area contributed by atoms with Crippen molar-refractivity contribution in [3.63, 3.8) is 0 Å². The van der Waals surface area contributed by atoms with Gasteiger partial charge in [0.1, 0.15) is 6.04 Å². The summed E-state index contributed by atoms with van der Waals surface area (Å²) in [5.74, 6) is -0.674. The average molecular weight is 360 g/mol. The summed E-state index contributed by atoms with van der Waals surface area (Å²) in [4.78, 5) is 29.1. The maximum atomic E-state index is 12.6. The fourth-order valence-corrected chi connectivity index (χ4v) is 2.66. The van der Waals surface area contributed by atoms with Gasteiger partial charge in [0.25, 0.3) is 5.91 Å². The molecule has 5 nitrogen and oxygen atoms in total. The Labute approximate surface area is 152 Å². The predicted octanol–water partition coefficient (Wildman–Crippen LogP) is 3.37. The first-order valence-electron chi connectivity index (χ1n) is 8.16. The Morgan fingerprint density at radius 1 is 1.00 bits per heavy atom. The van der Waals surface area contributed by atoms with E-state index in [1.807, 2.05) is 32.9 Å². The van der Waals surface area contributed by atoms with Crippen molar-refractivity contribution in [1.82, 2.24) is 15.6 Å². The molecule has 2 rings (SSSR count). The maximum Gasteiger partial charge on any atom is 0.253 e. The summed E-state index contributed by atoms with van der Waals surface area (Å²) < 4.78 is 0. The third-order valence-electron chi connectivity index (χ3n) is 3.92. The Morgan fingerprint density at radius 3 is 2.24 bits per heavy atom. The van der Waals surface area contributed by atoms with Gasteiger partial charge in [0.05, 0.1) is 16.6 Å². The smallest absolute Gasteiger partial charge is 0.253 e. The Kier molecular flexibility index (Phi) is 6.53. The highest BCUT2D eigenvalue weighted by Gasteiger charge is 2.26. The van der Waals surface area contributed by atoms with E-state index in [9.17, 15) is 9.59 Å². The normalized spacial score (nSPS) is 13.2. The molecule has 0 bridgehead atoms. The minimum atomic E-state index is -0.659. The number of carbonyl (C=O) groups excluding carboxylic acids is 2. The molecule has 0 saturated heterocycles. The summed E-state index contributed by atoms with van der Waals surface area (Å²) in [6.45, 7) is 5.66. The average Bonchev–Trinajstić information content (AvgIpc) is 2.60. The molecule has 0 fully saturated rings. The lowest BCUT2D eigenvalue weighted by Gasteiger charge is -2.24. The van der Waals surface area contributed by atoms with E-state index < -0.39 is 6.04 Å². The highest BCUT2D eigenvalue weighted by Crippen LogP contribution is 2.16. The molecule has 2 amide bonds. The first-order valence-corrected chi connectivity index (χ1v) is 8.53. The lowest BCUT2D eigenvalue weighted by atomic mass is 10.0. The number of hydrogen-bond acceptors (Lipinski definition) is 3. The second kappa shape index (κ2) is 8.62. The van der Waals surface area contributed by atoms with Crippen molar-refractivity contribution in [1.29, 1.82) is 0 Å². The highest BCUT2D eigenvalue weighted by molar-refractivity contribution is 6.33. The van der Waals surface area contributed by atoms with Crippen LogP contribution in [0.2, 0.25) is 5.02 Å². The number of carbonyl (C=O) groups is 2. The summed E-state index contributed by atoms with van der Waals surface area (Å²) in [6, 6.07) is 9.61. The summed E-state index contributed by atoms with van der Waals surface area (Å²) in [7, 11) is 0. The Bertz CT molecular complexity index is 734. The fraction of sp³-hybridized carbons (Fsp3) is 0.316. The molecule has 2 atom stereocenters. The molecule has 25 heavy (non-hydrogen) atoms. The number of nitrogens with zero attached hydrogens (tertiary/aromatic N) is 1. The number of rotatable bonds is 6. The molecule has 1 heterocycles. The van der Waals surface area contributed by atoms with Gasteiger partial charge in [-0.15, -0.1) is 0 Å². The van der Waals surface area contributed by atoms with Crippen LogP contribution in [0.25, 0.3) is 0 Å². The predicted molar refractivity (Wildman–Crippen MR) is 98.3 cm³/mol. The largest absolute Gasteiger partial charge is 0.348 e. The molecule has 0 saturated carbocycles. The molecular formula is C19H22ClN3O2. The first kappa shape index (κ1) is 18.9. The van der Waals surface area contributed by atoms with Gasteiger partial charge in [-0.2, -0.15) is 0 Å². The van der Waals surface area contributed by atoms with Gasteiger partial charge in [-0.05, 0) is 42.7 Å². The number of halogens is 1. The topological polar surface area (TPSA) is 71.1 Å². The second-order valence-corrected chi connectivity index (χ2v) is 6.59. The van der Waals surface area contributed by atoms with E-state index in [0.717, 1.165) is 5.56 Å². The molecule has 2 aromatic rings. The molecule has 0 aliphatic rings. The van der Waals surface area contributed by atoms with E-state index in [-0.39, 0.29) is 23.8 Å². The van der Waals surface area contributed by atoms with Gasteiger partial charge in [0, 0.05) is 12.4 Å². The SMILES string of the molecule is CC(NC(=O)C(NC(=O)c1ccccc1Cl)C(C)C)c1ccncc1. The molecule has 0 spiro atoms. The van der Waals surface area contributed by atoms with Crippen LogP contribution in [0.15, 0.2) is 48.8 Å². The monoisotopic (exact) mass is 359 g/mol. The van der Waals surface area contributed by atoms with Gasteiger partial charge in [0.2, 0.25) is 5.91 Å². The Morgan fingerprint density at radius 2 is 1.64 bits per heavy atom. The number of nitrogens with one attached hydrogen (secondary N) is 2. The van der Waals surface area contributed by atoms with Gasteiger partial charge in [-0.1, -0.05) is 37.6 Å². The van der Waals surface area contributed by atoms with Crippen molar-refractivity contribution in [2.75, 3.05) is 0 Å². The number of amides is 2. The van der Waals surface area contributed by atoms with Crippen molar-refractivity contribution in [2.24, 2.45) is 5.92 Å². The molecule has 1 aromatic carbocycles. The van der Waals surface area contributed by atoms with Crippen molar-refractivity contribution >= 4 is 23.4 Å². The van der Waals surface area contributed by atoms with E-state index in [1.54, 1.807) is 36.7 Å². The van der Waals surface area contributed by atoms with Crippen LogP contribution in [-0.2, 0) is 4.79 Å². The molecular weight excluding hydrogens is 338 g/mol. The summed E-state index contributed by atoms with van der Waals surface area (Å²) in [6.07, 6.45) is 3.36. The fourth-order valence-electron chi connectivity index (χ4n) is 2.44. The van der Waals surface area contributed by atoms with Crippen molar-refractivity contribution in [2.45, 2.75) is 32.9 Å². The second-order valence-electron chi connectivity index (χ2n) is 6.19. The number of benzene rings is 1. The van der Waals surface area contributed by atoms with Crippen LogP contribution in [0.1, 0.15) is 42.7 Å². The molecule has 132 valence electrons. The standard InChI is InChI=1S/C19H22ClN3O2/c1-12(2)17(23-18(24)15-6-4-5-7-16(15)20)19(25)22-13(3)14-8-10-21-11-9-14/h4-13,17H,1-3H3,(H,22,25)(H,23,24). The Balaban J connectivity index is 2.08. The highest BCUT2D eigenvalue weighted by atomic mass is 35.5. The first-order chi connectivity index (χ1) is 11.9. The van der Waals surface area contributed by atoms with Crippen molar-refractivity contribution in [3.05, 3.63) is 64.9 Å². The van der Waals surface area contributed by atoms with Crippen molar-refractivity contribution < 1.29 is 9.59 Å². The van der Waals surface area contributed by atoms with E-state index in [1.165, 1.54) is 0 Å². The van der Waals surface area contributed by atoms with Gasteiger partial charge in [0.15, 0.2) is 0 Å². The zero-order valence-corrected chi connectivity index (χ0v) is 15.2. The molecule has 2 unspecified atom stereocenters. The van der Waals surface area contributed by atoms with E-state index in [4.69, 9.17) is 11.6 Å². The van der Waals surface area contributed by atoms with Gasteiger partial charge >= 0.3 is 0 Å². The van der Waals surface area contributed by atoms with Gasteiger partial charge < -0.3 is 10.6 Å². The third-order valence-corrected chi connectivity index (χ3v) is 4.25. The van der Waals surface area contributed by atoms with E-state index >= 15 is 0 Å². The van der Waals surface area contributed by atoms with Crippen LogP contribution >= 0.6 is 11.6 Å². The van der Waals surface area contributed by atoms with Crippen LogP contribution < -0.4 is 10.6 Å². The van der Waals surface area contributed by atoms with Gasteiger partial charge in [-0.3, -0.25) is 14.6 Å². The van der Waals surface area contributed by atoms with Gasteiger partial charge in [-0.25, -0.2) is 0 Å². The van der Waals surface area contributed by atoms with E-state index in [2.05, 4.69) is 15.6 Å². The molecule has 2 N–H and O–H groups in total. The number of aromatic nitrogens is 1. The zero-order valence-electron chi connectivity index (χ0n) is 14.5. The molecule has 0 aliphatic carbocycles. The minimum Gasteiger partial charge on any atom is -0.348 e.